The number of fused-ring (bicyclic) bond motifs is 1. The molecule has 0 amide bonds. The zero-order chi connectivity index (χ0) is 10.1. The van der Waals surface area contributed by atoms with Gasteiger partial charge in [0.2, 0.25) is 0 Å². The molecule has 0 atom stereocenters. The van der Waals surface area contributed by atoms with Crippen molar-refractivity contribution in [1.29, 1.82) is 0 Å². The van der Waals surface area contributed by atoms with Crippen LogP contribution in [0.5, 0.6) is 0 Å². The Balaban J connectivity index is 2.59. The summed E-state index contributed by atoms with van der Waals surface area (Å²) in [5.41, 5.74) is 8.69. The summed E-state index contributed by atoms with van der Waals surface area (Å²) in [5.74, 6) is 0. The Morgan fingerprint density at radius 2 is 2.29 bits per heavy atom. The predicted octanol–water partition coefficient (Wildman–Crippen LogP) is 1.91. The first kappa shape index (κ1) is 9.68. The summed E-state index contributed by atoms with van der Waals surface area (Å²) in [6, 6.07) is 4.01. The van der Waals surface area contributed by atoms with Crippen LogP contribution < -0.4 is 5.73 Å². The fraction of sp³-hybridized carbons (Fsp3) is 0.300. The van der Waals surface area contributed by atoms with Crippen molar-refractivity contribution in [1.82, 2.24) is 9.38 Å². The molecule has 2 N–H and O–H groups in total. The van der Waals surface area contributed by atoms with E-state index in [0.717, 1.165) is 22.2 Å². The van der Waals surface area contributed by atoms with Crippen LogP contribution >= 0.6 is 15.9 Å². The van der Waals surface area contributed by atoms with E-state index in [-0.39, 0.29) is 0 Å². The highest BCUT2D eigenvalue weighted by molar-refractivity contribution is 9.10. The van der Waals surface area contributed by atoms with E-state index in [1.54, 1.807) is 0 Å². The van der Waals surface area contributed by atoms with E-state index in [1.165, 1.54) is 5.69 Å². The van der Waals surface area contributed by atoms with Gasteiger partial charge in [-0.15, -0.1) is 0 Å². The van der Waals surface area contributed by atoms with E-state index in [2.05, 4.69) is 32.2 Å². The summed E-state index contributed by atoms with van der Waals surface area (Å²) in [7, 11) is 0. The molecule has 0 aliphatic carbocycles. The van der Waals surface area contributed by atoms with Crippen molar-refractivity contribution in [2.75, 3.05) is 6.54 Å². The van der Waals surface area contributed by atoms with Gasteiger partial charge in [-0.3, -0.25) is 0 Å². The van der Waals surface area contributed by atoms with Crippen LogP contribution in [0.3, 0.4) is 0 Å². The van der Waals surface area contributed by atoms with E-state index >= 15 is 0 Å². The number of nitrogens with zero attached hydrogens (tertiary/aromatic N) is 2. The quantitative estimate of drug-likeness (QED) is 0.889. The van der Waals surface area contributed by atoms with Crippen molar-refractivity contribution in [2.24, 2.45) is 5.73 Å². The Kier molecular flexibility index (Phi) is 2.56. The number of aromatic nitrogens is 2. The second-order valence-corrected chi connectivity index (χ2v) is 4.12. The van der Waals surface area contributed by atoms with Crippen molar-refractivity contribution < 1.29 is 0 Å². The number of nitrogens with two attached hydrogens (primary N) is 1. The number of hydrogen-bond acceptors (Lipinski definition) is 2. The van der Waals surface area contributed by atoms with Gasteiger partial charge in [0.05, 0.1) is 5.69 Å². The van der Waals surface area contributed by atoms with Crippen molar-refractivity contribution in [3.63, 3.8) is 0 Å². The standard InChI is InChI=1S/C10H12BrN3/c1-7-9(11)2-3-10-13-8(4-5-12)6-14(7)10/h2-3,6H,4-5,12H2,1H3. The van der Waals surface area contributed by atoms with Gasteiger partial charge in [-0.2, -0.15) is 0 Å². The second-order valence-electron chi connectivity index (χ2n) is 3.27. The van der Waals surface area contributed by atoms with Gasteiger partial charge in [0.15, 0.2) is 0 Å². The Labute approximate surface area is 91.1 Å². The lowest BCUT2D eigenvalue weighted by atomic mass is 10.3. The highest BCUT2D eigenvalue weighted by Crippen LogP contribution is 2.18. The average Bonchev–Trinajstić information content (AvgIpc) is 2.56. The summed E-state index contributed by atoms with van der Waals surface area (Å²) in [5, 5.41) is 0. The molecule has 3 nitrogen and oxygen atoms in total. The van der Waals surface area contributed by atoms with Crippen molar-refractivity contribution in [3.8, 4) is 0 Å². The second kappa shape index (κ2) is 3.71. The normalized spacial score (nSPS) is 11.1. The van der Waals surface area contributed by atoms with Gasteiger partial charge in [0.25, 0.3) is 0 Å². The van der Waals surface area contributed by atoms with Gasteiger partial charge >= 0.3 is 0 Å². The fourth-order valence-electron chi connectivity index (χ4n) is 1.48. The third-order valence-electron chi connectivity index (χ3n) is 2.27. The molecule has 0 fully saturated rings. The lowest BCUT2D eigenvalue weighted by Gasteiger charge is -2.00. The zero-order valence-corrected chi connectivity index (χ0v) is 9.58. The molecule has 0 aliphatic heterocycles. The van der Waals surface area contributed by atoms with Gasteiger partial charge in [0.1, 0.15) is 5.65 Å². The molecule has 2 heterocycles. The highest BCUT2D eigenvalue weighted by Gasteiger charge is 2.04. The Hall–Kier alpha value is -0.870. The maximum absolute atomic E-state index is 5.49. The lowest BCUT2D eigenvalue weighted by Crippen LogP contribution is -2.02. The summed E-state index contributed by atoms with van der Waals surface area (Å²) in [6.45, 7) is 2.70. The first-order valence-corrected chi connectivity index (χ1v) is 5.35. The Morgan fingerprint density at radius 1 is 1.50 bits per heavy atom. The van der Waals surface area contributed by atoms with Gasteiger partial charge in [-0.1, -0.05) is 0 Å². The third-order valence-corrected chi connectivity index (χ3v) is 3.11. The first-order chi connectivity index (χ1) is 6.72. The molecular formula is C10H12BrN3. The van der Waals surface area contributed by atoms with Crippen LogP contribution in [-0.4, -0.2) is 15.9 Å². The molecule has 0 bridgehead atoms. The number of rotatable bonds is 2. The van der Waals surface area contributed by atoms with E-state index in [9.17, 15) is 0 Å². The topological polar surface area (TPSA) is 43.3 Å². The number of aryl methyl sites for hydroxylation is 1. The minimum absolute atomic E-state index is 0.643. The number of halogens is 1. The van der Waals surface area contributed by atoms with E-state index < -0.39 is 0 Å². The van der Waals surface area contributed by atoms with Gasteiger partial charge in [-0.05, 0) is 41.5 Å². The summed E-state index contributed by atoms with van der Waals surface area (Å²) >= 11 is 3.49. The molecule has 74 valence electrons. The molecule has 2 aromatic heterocycles. The van der Waals surface area contributed by atoms with Crippen LogP contribution in [0.4, 0.5) is 0 Å². The van der Waals surface area contributed by atoms with E-state index in [4.69, 9.17) is 5.73 Å². The molecule has 0 saturated carbocycles. The van der Waals surface area contributed by atoms with Crippen LogP contribution in [0.1, 0.15) is 11.4 Å². The summed E-state index contributed by atoms with van der Waals surface area (Å²) < 4.78 is 3.18. The number of hydrogen-bond donors (Lipinski definition) is 1. The fourth-order valence-corrected chi connectivity index (χ4v) is 1.81. The molecule has 2 aromatic rings. The monoisotopic (exact) mass is 253 g/mol. The Morgan fingerprint density at radius 3 is 3.00 bits per heavy atom. The summed E-state index contributed by atoms with van der Waals surface area (Å²) in [4.78, 5) is 4.47. The van der Waals surface area contributed by atoms with Crippen LogP contribution in [0, 0.1) is 6.92 Å². The summed E-state index contributed by atoms with van der Waals surface area (Å²) in [6.07, 6.45) is 2.88. The predicted molar refractivity (Wildman–Crippen MR) is 60.4 cm³/mol. The molecule has 4 heteroatoms. The van der Waals surface area contributed by atoms with E-state index in [0.29, 0.717) is 6.54 Å². The SMILES string of the molecule is Cc1c(Br)ccc2nc(CCN)cn12. The minimum atomic E-state index is 0.643. The van der Waals surface area contributed by atoms with Gasteiger partial charge in [-0.25, -0.2) is 4.98 Å². The molecule has 0 radical (unpaired) electrons. The number of pyridine rings is 1. The number of imidazole rings is 1. The molecule has 0 saturated heterocycles. The molecule has 0 spiro atoms. The van der Waals surface area contributed by atoms with Crippen LogP contribution in [-0.2, 0) is 6.42 Å². The van der Waals surface area contributed by atoms with Crippen molar-refractivity contribution >= 4 is 21.6 Å². The molecular weight excluding hydrogens is 242 g/mol. The van der Waals surface area contributed by atoms with Crippen LogP contribution in [0.15, 0.2) is 22.8 Å². The first-order valence-electron chi connectivity index (χ1n) is 4.55. The smallest absolute Gasteiger partial charge is 0.137 e. The average molecular weight is 254 g/mol. The van der Waals surface area contributed by atoms with Crippen molar-refractivity contribution in [2.45, 2.75) is 13.3 Å². The van der Waals surface area contributed by atoms with Crippen molar-refractivity contribution in [3.05, 3.63) is 34.2 Å². The minimum Gasteiger partial charge on any atom is -0.330 e. The lowest BCUT2D eigenvalue weighted by molar-refractivity contribution is 0.935. The molecule has 0 unspecified atom stereocenters. The Bertz CT molecular complexity index is 462. The maximum Gasteiger partial charge on any atom is 0.137 e. The van der Waals surface area contributed by atoms with Gasteiger partial charge < -0.3 is 10.1 Å². The third kappa shape index (κ3) is 1.55. The van der Waals surface area contributed by atoms with Gasteiger partial charge in [0, 0.05) is 22.8 Å². The zero-order valence-electron chi connectivity index (χ0n) is 8.00. The van der Waals surface area contributed by atoms with E-state index in [1.807, 2.05) is 18.3 Å². The largest absolute Gasteiger partial charge is 0.330 e. The van der Waals surface area contributed by atoms with Crippen LogP contribution in [0.2, 0.25) is 0 Å². The molecule has 0 aromatic carbocycles. The molecule has 2 rings (SSSR count). The van der Waals surface area contributed by atoms with Crippen LogP contribution in [0.25, 0.3) is 5.65 Å². The highest BCUT2D eigenvalue weighted by atomic mass is 79.9. The maximum atomic E-state index is 5.49. The molecule has 14 heavy (non-hydrogen) atoms. The molecule has 0 aliphatic rings.